The molecule has 1 saturated heterocycles. The molecule has 7 nitrogen and oxygen atoms in total. The highest BCUT2D eigenvalue weighted by Crippen LogP contribution is 2.31. The number of likely N-dealkylation sites (tertiary alicyclic amines) is 1. The Morgan fingerprint density at radius 2 is 1.79 bits per heavy atom. The van der Waals surface area contributed by atoms with Crippen LogP contribution in [0.4, 0.5) is 0 Å². The van der Waals surface area contributed by atoms with Crippen molar-refractivity contribution in [2.24, 2.45) is 0 Å². The summed E-state index contributed by atoms with van der Waals surface area (Å²) in [7, 11) is 0. The molecule has 146 valence electrons. The highest BCUT2D eigenvalue weighted by Gasteiger charge is 2.30. The molecule has 1 aliphatic heterocycles. The van der Waals surface area contributed by atoms with Crippen LogP contribution in [0.1, 0.15) is 35.3 Å². The Hall–Kier alpha value is -3.09. The molecule has 1 aliphatic rings. The lowest BCUT2D eigenvalue weighted by Gasteiger charge is -2.25. The smallest absolute Gasteiger partial charge is 0.340 e. The molecule has 4 rings (SSSR count). The number of hydrogen-bond donors (Lipinski definition) is 0. The van der Waals surface area contributed by atoms with Gasteiger partial charge in [0.25, 0.3) is 0 Å². The number of rotatable bonds is 3. The molecule has 1 fully saturated rings. The Bertz CT molecular complexity index is 1190. The molecule has 7 heteroatoms. The minimum Gasteiger partial charge on any atom is -0.548 e. The van der Waals surface area contributed by atoms with Gasteiger partial charge in [-0.05, 0) is 50.8 Å². The lowest BCUT2D eigenvalue weighted by atomic mass is 10.0. The van der Waals surface area contributed by atoms with E-state index < -0.39 is 23.5 Å². The Morgan fingerprint density at radius 3 is 2.50 bits per heavy atom. The second kappa shape index (κ2) is 6.51. The van der Waals surface area contributed by atoms with Crippen LogP contribution in [0.3, 0.4) is 0 Å². The first-order valence-corrected chi connectivity index (χ1v) is 9.24. The van der Waals surface area contributed by atoms with Gasteiger partial charge in [0.15, 0.2) is 0 Å². The van der Waals surface area contributed by atoms with Gasteiger partial charge < -0.3 is 23.6 Å². The fourth-order valence-electron chi connectivity index (χ4n) is 3.99. The molecule has 28 heavy (non-hydrogen) atoms. The fourth-order valence-corrected chi connectivity index (χ4v) is 3.99. The zero-order chi connectivity index (χ0) is 20.2. The van der Waals surface area contributed by atoms with E-state index >= 15 is 0 Å². The molecule has 2 aromatic heterocycles. The van der Waals surface area contributed by atoms with Crippen LogP contribution in [-0.2, 0) is 16.0 Å². The number of nitrogens with zero attached hydrogens (tertiary/aromatic N) is 1. The maximum Gasteiger partial charge on any atom is 0.340 e. The van der Waals surface area contributed by atoms with Crippen LogP contribution in [0.15, 0.2) is 25.8 Å². The second-order valence-electron chi connectivity index (χ2n) is 7.36. The molecule has 0 saturated carbocycles. The van der Waals surface area contributed by atoms with Crippen LogP contribution < -0.4 is 10.7 Å². The summed E-state index contributed by atoms with van der Waals surface area (Å²) >= 11 is 0. The van der Waals surface area contributed by atoms with Gasteiger partial charge in [0.05, 0.1) is 24.0 Å². The number of benzene rings is 1. The summed E-state index contributed by atoms with van der Waals surface area (Å²) in [6, 6.07) is 2.66. The summed E-state index contributed by atoms with van der Waals surface area (Å²) in [6.07, 6.45) is 0.776. The number of carboxylic acid groups (broad SMARTS) is 1. The van der Waals surface area contributed by atoms with Crippen LogP contribution >= 0.6 is 0 Å². The molecule has 0 aliphatic carbocycles. The quantitative estimate of drug-likeness (QED) is 0.639. The van der Waals surface area contributed by atoms with E-state index in [4.69, 9.17) is 8.83 Å². The fraction of sp³-hybridized carbons (Fsp3) is 0.381. The summed E-state index contributed by atoms with van der Waals surface area (Å²) < 4.78 is 11.2. The van der Waals surface area contributed by atoms with E-state index in [1.54, 1.807) is 13.0 Å². The largest absolute Gasteiger partial charge is 0.548 e. The Balaban J connectivity index is 1.78. The zero-order valence-corrected chi connectivity index (χ0v) is 16.0. The van der Waals surface area contributed by atoms with Crippen molar-refractivity contribution in [1.82, 2.24) is 4.90 Å². The van der Waals surface area contributed by atoms with E-state index in [0.717, 1.165) is 22.1 Å². The predicted molar refractivity (Wildman–Crippen MR) is 99.9 cm³/mol. The molecule has 0 bridgehead atoms. The molecule has 3 heterocycles. The molecular formula is C21H20NO6-. The third-order valence-electron chi connectivity index (χ3n) is 5.76. The number of carbonyl (C=O) groups excluding carboxylic acids is 2. The zero-order valence-electron chi connectivity index (χ0n) is 16.0. The number of hydrogen-bond acceptors (Lipinski definition) is 6. The second-order valence-corrected chi connectivity index (χ2v) is 7.36. The van der Waals surface area contributed by atoms with Gasteiger partial charge in [-0.25, -0.2) is 4.79 Å². The summed E-state index contributed by atoms with van der Waals surface area (Å²) in [5.74, 6) is -0.873. The van der Waals surface area contributed by atoms with Gasteiger partial charge in [-0.2, -0.15) is 0 Å². The van der Waals surface area contributed by atoms with Crippen molar-refractivity contribution >= 4 is 33.8 Å². The van der Waals surface area contributed by atoms with E-state index in [-0.39, 0.29) is 12.0 Å². The minimum atomic E-state index is -1.26. The van der Waals surface area contributed by atoms with Crippen molar-refractivity contribution in [3.8, 4) is 0 Å². The normalized spacial score (nSPS) is 17.0. The topological polar surface area (TPSA) is 104 Å². The number of fused-ring (bicyclic) bond motifs is 2. The van der Waals surface area contributed by atoms with E-state index in [9.17, 15) is 19.5 Å². The predicted octanol–water partition coefficient (Wildman–Crippen LogP) is 1.75. The Kier molecular flexibility index (Phi) is 4.25. The van der Waals surface area contributed by atoms with Gasteiger partial charge in [0, 0.05) is 23.4 Å². The summed E-state index contributed by atoms with van der Waals surface area (Å²) in [5, 5.41) is 12.9. The van der Waals surface area contributed by atoms with Crippen molar-refractivity contribution in [2.45, 2.75) is 46.1 Å². The first-order valence-electron chi connectivity index (χ1n) is 9.24. The average Bonchev–Trinajstić information content (AvgIpc) is 3.23. The molecule has 0 radical (unpaired) electrons. The highest BCUT2D eigenvalue weighted by molar-refractivity contribution is 5.97. The van der Waals surface area contributed by atoms with Crippen molar-refractivity contribution in [2.75, 3.05) is 6.54 Å². The Labute approximate surface area is 160 Å². The van der Waals surface area contributed by atoms with Gasteiger partial charge in [-0.3, -0.25) is 4.79 Å². The first-order chi connectivity index (χ1) is 13.3. The van der Waals surface area contributed by atoms with Crippen LogP contribution in [0.5, 0.6) is 0 Å². The molecule has 0 spiro atoms. The lowest BCUT2D eigenvalue weighted by molar-refractivity contribution is -0.310. The molecular weight excluding hydrogens is 362 g/mol. The maximum atomic E-state index is 12.7. The molecule has 1 amide bonds. The summed E-state index contributed by atoms with van der Waals surface area (Å²) in [6.45, 7) is 5.95. The van der Waals surface area contributed by atoms with Crippen molar-refractivity contribution < 1.29 is 23.5 Å². The van der Waals surface area contributed by atoms with Gasteiger partial charge in [0.2, 0.25) is 5.91 Å². The van der Waals surface area contributed by atoms with Gasteiger partial charge in [-0.15, -0.1) is 0 Å². The van der Waals surface area contributed by atoms with Crippen molar-refractivity contribution in [3.05, 3.63) is 45.0 Å². The Morgan fingerprint density at radius 1 is 1.11 bits per heavy atom. The third kappa shape index (κ3) is 2.78. The van der Waals surface area contributed by atoms with Gasteiger partial charge >= 0.3 is 5.63 Å². The van der Waals surface area contributed by atoms with Crippen LogP contribution in [0.25, 0.3) is 21.9 Å². The van der Waals surface area contributed by atoms with Gasteiger partial charge in [-0.1, -0.05) is 0 Å². The highest BCUT2D eigenvalue weighted by atomic mass is 16.4. The van der Waals surface area contributed by atoms with Crippen molar-refractivity contribution in [1.29, 1.82) is 0 Å². The lowest BCUT2D eigenvalue weighted by Crippen LogP contribution is -2.47. The number of aliphatic carboxylic acids is 1. The molecule has 1 atom stereocenters. The van der Waals surface area contributed by atoms with Crippen LogP contribution in [-0.4, -0.2) is 29.4 Å². The summed E-state index contributed by atoms with van der Waals surface area (Å²) in [5.41, 5.74) is 2.36. The molecule has 1 aromatic carbocycles. The molecule has 0 unspecified atom stereocenters. The van der Waals surface area contributed by atoms with Crippen LogP contribution in [0.2, 0.25) is 0 Å². The van der Waals surface area contributed by atoms with Crippen LogP contribution in [0, 0.1) is 20.8 Å². The van der Waals surface area contributed by atoms with E-state index in [0.29, 0.717) is 36.1 Å². The molecule has 0 N–H and O–H groups in total. The first kappa shape index (κ1) is 18.3. The number of amides is 1. The van der Waals surface area contributed by atoms with E-state index in [1.165, 1.54) is 4.90 Å². The third-order valence-corrected chi connectivity index (χ3v) is 5.76. The van der Waals surface area contributed by atoms with E-state index in [1.807, 2.05) is 19.9 Å². The average molecular weight is 382 g/mol. The minimum absolute atomic E-state index is 0.199. The SMILES string of the molecule is Cc1oc2cc3oc(=O)c(CC(=O)N4CCC[C@H]4C(=O)[O-])c(C)c3cc2c1C. The standard InChI is InChI=1S/C21H21NO6/c1-10-12(3)27-17-9-18-14(7-13(10)17)11(2)15(21(26)28-18)8-19(23)22-6-4-5-16(22)20(24)25/h7,9,16H,4-6,8H2,1-3H3,(H,24,25)/p-1/t16-/m0/s1. The summed E-state index contributed by atoms with van der Waals surface area (Å²) in [4.78, 5) is 37.7. The molecule has 3 aromatic rings. The monoisotopic (exact) mass is 382 g/mol. The van der Waals surface area contributed by atoms with Crippen molar-refractivity contribution in [3.63, 3.8) is 0 Å². The number of furan rings is 1. The van der Waals surface area contributed by atoms with Gasteiger partial charge in [0.1, 0.15) is 16.9 Å². The maximum absolute atomic E-state index is 12.7. The number of carbonyl (C=O) groups is 2. The number of carboxylic acids is 1. The van der Waals surface area contributed by atoms with E-state index in [2.05, 4.69) is 0 Å². The number of aryl methyl sites for hydroxylation is 3.